The highest BCUT2D eigenvalue weighted by Crippen LogP contribution is 2.16. The van der Waals surface area contributed by atoms with Gasteiger partial charge in [0.2, 0.25) is 17.6 Å². The Morgan fingerprint density at radius 3 is 3.00 bits per heavy atom. The molecule has 0 aliphatic heterocycles. The fourth-order valence-corrected chi connectivity index (χ4v) is 1.79. The van der Waals surface area contributed by atoms with Gasteiger partial charge in [0, 0.05) is 26.4 Å². The summed E-state index contributed by atoms with van der Waals surface area (Å²) in [5.74, 6) is 1.52. The largest absolute Gasteiger partial charge is 0.461 e. The van der Waals surface area contributed by atoms with Crippen LogP contribution >= 0.6 is 0 Å². The van der Waals surface area contributed by atoms with Crippen molar-refractivity contribution in [3.63, 3.8) is 0 Å². The number of aromatic nitrogens is 2. The van der Waals surface area contributed by atoms with Gasteiger partial charge in [-0.3, -0.25) is 4.79 Å². The van der Waals surface area contributed by atoms with E-state index in [4.69, 9.17) is 8.94 Å². The van der Waals surface area contributed by atoms with Gasteiger partial charge in [0.25, 0.3) is 0 Å². The molecule has 0 fully saturated rings. The minimum Gasteiger partial charge on any atom is -0.461 e. The smallest absolute Gasteiger partial charge is 0.238 e. The third-order valence-corrected chi connectivity index (χ3v) is 3.04. The molecule has 6 nitrogen and oxygen atoms in total. The summed E-state index contributed by atoms with van der Waals surface area (Å²) < 4.78 is 10.3. The Morgan fingerprint density at radius 2 is 2.30 bits per heavy atom. The zero-order valence-corrected chi connectivity index (χ0v) is 11.8. The number of hydrogen-bond donors (Lipinski definition) is 0. The van der Waals surface area contributed by atoms with Gasteiger partial charge in [-0.25, -0.2) is 0 Å². The van der Waals surface area contributed by atoms with Crippen LogP contribution in [0.2, 0.25) is 0 Å². The predicted molar refractivity (Wildman–Crippen MR) is 72.9 cm³/mol. The van der Waals surface area contributed by atoms with E-state index in [-0.39, 0.29) is 5.91 Å². The maximum absolute atomic E-state index is 11.9. The van der Waals surface area contributed by atoms with Crippen LogP contribution in [0, 0.1) is 0 Å². The normalized spacial score (nSPS) is 10.7. The van der Waals surface area contributed by atoms with Gasteiger partial charge in [-0.05, 0) is 18.6 Å². The van der Waals surface area contributed by atoms with Gasteiger partial charge in [-0.15, -0.1) is 0 Å². The van der Waals surface area contributed by atoms with Crippen molar-refractivity contribution in [2.45, 2.75) is 32.6 Å². The molecule has 2 aromatic heterocycles. The second-order valence-corrected chi connectivity index (χ2v) is 4.66. The number of unbranched alkanes of at least 4 members (excludes halogenated alkanes) is 1. The van der Waals surface area contributed by atoms with Crippen LogP contribution in [0.25, 0.3) is 11.6 Å². The lowest BCUT2D eigenvalue weighted by atomic mass is 10.2. The lowest BCUT2D eigenvalue weighted by Crippen LogP contribution is -2.27. The molecule has 0 spiro atoms. The first-order valence-corrected chi connectivity index (χ1v) is 6.81. The summed E-state index contributed by atoms with van der Waals surface area (Å²) in [5, 5.41) is 3.83. The van der Waals surface area contributed by atoms with Crippen LogP contribution in [0.3, 0.4) is 0 Å². The summed E-state index contributed by atoms with van der Waals surface area (Å²) in [6.45, 7) is 2.89. The number of nitrogens with zero attached hydrogens (tertiary/aromatic N) is 3. The van der Waals surface area contributed by atoms with Crippen molar-refractivity contribution < 1.29 is 13.7 Å². The van der Waals surface area contributed by atoms with Crippen LogP contribution < -0.4 is 0 Å². The Kier molecular flexibility index (Phi) is 4.92. The van der Waals surface area contributed by atoms with E-state index in [1.807, 2.05) is 7.05 Å². The van der Waals surface area contributed by atoms with Crippen molar-refractivity contribution in [2.75, 3.05) is 13.6 Å². The average molecular weight is 277 g/mol. The molecule has 0 saturated carbocycles. The van der Waals surface area contributed by atoms with Crippen LogP contribution in [0.4, 0.5) is 0 Å². The molecule has 0 aromatic carbocycles. The molecule has 0 aliphatic rings. The summed E-state index contributed by atoms with van der Waals surface area (Å²) in [5.41, 5.74) is 0. The molecule has 0 radical (unpaired) electrons. The second kappa shape index (κ2) is 6.88. The maximum Gasteiger partial charge on any atom is 0.238 e. The predicted octanol–water partition coefficient (Wildman–Crippen LogP) is 2.52. The topological polar surface area (TPSA) is 72.4 Å². The van der Waals surface area contributed by atoms with Gasteiger partial charge in [-0.2, -0.15) is 4.98 Å². The quantitative estimate of drug-likeness (QED) is 0.777. The summed E-state index contributed by atoms with van der Waals surface area (Å²) >= 11 is 0. The van der Waals surface area contributed by atoms with Crippen LogP contribution in [0.15, 0.2) is 27.3 Å². The number of carbonyl (C=O) groups excluding carboxylic acids is 1. The van der Waals surface area contributed by atoms with E-state index in [0.717, 1.165) is 19.4 Å². The molecule has 20 heavy (non-hydrogen) atoms. The van der Waals surface area contributed by atoms with Gasteiger partial charge < -0.3 is 13.8 Å². The van der Waals surface area contributed by atoms with Crippen LogP contribution in [0.5, 0.6) is 0 Å². The lowest BCUT2D eigenvalue weighted by molar-refractivity contribution is -0.130. The third-order valence-electron chi connectivity index (χ3n) is 3.04. The maximum atomic E-state index is 11.9. The highest BCUT2D eigenvalue weighted by atomic mass is 16.5. The molecule has 1 amide bonds. The van der Waals surface area contributed by atoms with Gasteiger partial charge in [0.05, 0.1) is 6.26 Å². The lowest BCUT2D eigenvalue weighted by Gasteiger charge is -2.15. The molecular weight excluding hydrogens is 258 g/mol. The van der Waals surface area contributed by atoms with Crippen LogP contribution in [0.1, 0.15) is 32.1 Å². The first-order valence-electron chi connectivity index (χ1n) is 6.81. The standard InChI is InChI=1S/C14H19N3O3/c1-3-4-9-17(2)13(18)8-7-12-15-14(16-20-12)11-6-5-10-19-11/h5-6,10H,3-4,7-9H2,1-2H3. The van der Waals surface area contributed by atoms with Crippen molar-refractivity contribution in [3.05, 3.63) is 24.3 Å². The van der Waals surface area contributed by atoms with Crippen molar-refractivity contribution in [3.8, 4) is 11.6 Å². The van der Waals surface area contributed by atoms with Crippen molar-refractivity contribution >= 4 is 5.91 Å². The zero-order chi connectivity index (χ0) is 14.4. The molecule has 0 atom stereocenters. The Balaban J connectivity index is 1.84. The van der Waals surface area contributed by atoms with Crippen molar-refractivity contribution in [2.24, 2.45) is 0 Å². The first kappa shape index (κ1) is 14.3. The Bertz CT molecular complexity index is 534. The first-order chi connectivity index (χ1) is 9.70. The van der Waals surface area contributed by atoms with Gasteiger partial charge in [0.1, 0.15) is 0 Å². The molecular formula is C14H19N3O3. The fourth-order valence-electron chi connectivity index (χ4n) is 1.79. The molecule has 0 N–H and O–H groups in total. The fraction of sp³-hybridized carbons (Fsp3) is 0.500. The van der Waals surface area contributed by atoms with E-state index in [0.29, 0.717) is 30.3 Å². The summed E-state index contributed by atoms with van der Waals surface area (Å²) in [6.07, 6.45) is 4.47. The number of amides is 1. The van der Waals surface area contributed by atoms with Gasteiger partial charge in [0.15, 0.2) is 5.76 Å². The molecule has 2 aromatic rings. The van der Waals surface area contributed by atoms with E-state index in [1.165, 1.54) is 0 Å². The van der Waals surface area contributed by atoms with Crippen molar-refractivity contribution in [1.29, 1.82) is 0 Å². The summed E-state index contributed by atoms with van der Waals surface area (Å²) in [7, 11) is 1.82. The Morgan fingerprint density at radius 1 is 1.45 bits per heavy atom. The number of carbonyl (C=O) groups is 1. The second-order valence-electron chi connectivity index (χ2n) is 4.66. The van der Waals surface area contributed by atoms with Crippen LogP contribution in [-0.4, -0.2) is 34.5 Å². The van der Waals surface area contributed by atoms with Gasteiger partial charge in [-0.1, -0.05) is 18.5 Å². The monoisotopic (exact) mass is 277 g/mol. The highest BCUT2D eigenvalue weighted by Gasteiger charge is 2.13. The zero-order valence-electron chi connectivity index (χ0n) is 11.8. The van der Waals surface area contributed by atoms with E-state index in [9.17, 15) is 4.79 Å². The molecule has 2 rings (SSSR count). The minimum atomic E-state index is 0.0937. The molecule has 0 unspecified atom stereocenters. The molecule has 0 saturated heterocycles. The molecule has 0 aliphatic carbocycles. The van der Waals surface area contributed by atoms with Gasteiger partial charge >= 0.3 is 0 Å². The number of furan rings is 1. The Labute approximate surface area is 117 Å². The highest BCUT2D eigenvalue weighted by molar-refractivity contribution is 5.75. The number of rotatable bonds is 7. The van der Waals surface area contributed by atoms with Crippen LogP contribution in [-0.2, 0) is 11.2 Å². The molecule has 108 valence electrons. The SMILES string of the molecule is CCCCN(C)C(=O)CCc1nc(-c2ccco2)no1. The van der Waals surface area contributed by atoms with E-state index in [2.05, 4.69) is 17.1 Å². The number of hydrogen-bond acceptors (Lipinski definition) is 5. The third kappa shape index (κ3) is 3.69. The molecule has 2 heterocycles. The van der Waals surface area contributed by atoms with Crippen molar-refractivity contribution in [1.82, 2.24) is 15.0 Å². The van der Waals surface area contributed by atoms with E-state index < -0.39 is 0 Å². The Hall–Kier alpha value is -2.11. The molecule has 6 heteroatoms. The summed E-state index contributed by atoms with van der Waals surface area (Å²) in [6, 6.07) is 3.52. The minimum absolute atomic E-state index is 0.0937. The summed E-state index contributed by atoms with van der Waals surface area (Å²) in [4.78, 5) is 17.8. The molecule has 0 bridgehead atoms. The van der Waals surface area contributed by atoms with E-state index in [1.54, 1.807) is 23.3 Å². The average Bonchev–Trinajstić information content (AvgIpc) is 3.12. The number of aryl methyl sites for hydroxylation is 1. The van der Waals surface area contributed by atoms with E-state index >= 15 is 0 Å².